The smallest absolute Gasteiger partial charge is 0.0832 e. The van der Waals surface area contributed by atoms with Gasteiger partial charge in [-0.25, -0.2) is 0 Å². The molecule has 0 aromatic heterocycles. The van der Waals surface area contributed by atoms with Crippen LogP contribution in [-0.2, 0) is 0 Å². The molecule has 1 aromatic rings. The van der Waals surface area contributed by atoms with Crippen molar-refractivity contribution in [1.82, 2.24) is 0 Å². The van der Waals surface area contributed by atoms with Gasteiger partial charge in [0.25, 0.3) is 0 Å². The monoisotopic (exact) mass is 218 g/mol. The number of aliphatic hydroxyl groups is 2. The van der Waals surface area contributed by atoms with Crippen LogP contribution in [0.4, 0.5) is 0 Å². The summed E-state index contributed by atoms with van der Waals surface area (Å²) in [6.07, 6.45) is 2.84. The van der Waals surface area contributed by atoms with E-state index < -0.39 is 11.2 Å². The Morgan fingerprint density at radius 2 is 1.69 bits per heavy atom. The molecule has 0 amide bonds. The molecule has 0 fully saturated rings. The molecule has 0 radical (unpaired) electrons. The molecule has 2 nitrogen and oxygen atoms in total. The third kappa shape index (κ3) is 2.52. The second-order valence-corrected chi connectivity index (χ2v) is 5.24. The van der Waals surface area contributed by atoms with Crippen molar-refractivity contribution in [3.8, 4) is 0 Å². The van der Waals surface area contributed by atoms with Gasteiger partial charge in [0.1, 0.15) is 0 Å². The van der Waals surface area contributed by atoms with Crippen LogP contribution < -0.4 is 0 Å². The molecule has 2 unspecified atom stereocenters. The molecule has 86 valence electrons. The van der Waals surface area contributed by atoms with Gasteiger partial charge in [-0.05, 0) is 31.1 Å². The highest BCUT2D eigenvalue weighted by Crippen LogP contribution is 2.38. The summed E-state index contributed by atoms with van der Waals surface area (Å²) < 4.78 is 0. The fraction of sp³-hybridized carbons (Fsp3) is 0.429. The minimum absolute atomic E-state index is 0.385. The quantitative estimate of drug-likeness (QED) is 0.759. The van der Waals surface area contributed by atoms with Gasteiger partial charge in [-0.2, -0.15) is 0 Å². The fourth-order valence-corrected chi connectivity index (χ4v) is 2.56. The Hall–Kier alpha value is -1.12. The Balaban J connectivity index is 2.38. The van der Waals surface area contributed by atoms with E-state index in [4.69, 9.17) is 0 Å². The lowest BCUT2D eigenvalue weighted by molar-refractivity contribution is -0.0248. The van der Waals surface area contributed by atoms with E-state index in [9.17, 15) is 10.2 Å². The summed E-state index contributed by atoms with van der Waals surface area (Å²) in [6, 6.07) is 9.90. The van der Waals surface area contributed by atoms with E-state index in [-0.39, 0.29) is 0 Å². The van der Waals surface area contributed by atoms with E-state index in [0.29, 0.717) is 12.8 Å². The molecule has 1 aromatic carbocycles. The van der Waals surface area contributed by atoms with Crippen LogP contribution in [0.2, 0.25) is 0 Å². The zero-order valence-corrected chi connectivity index (χ0v) is 9.77. The number of hydrogen-bond acceptors (Lipinski definition) is 2. The molecule has 16 heavy (non-hydrogen) atoms. The maximum Gasteiger partial charge on any atom is 0.0832 e. The molecule has 1 aliphatic carbocycles. The van der Waals surface area contributed by atoms with Crippen molar-refractivity contribution in [1.29, 1.82) is 0 Å². The highest BCUT2D eigenvalue weighted by Gasteiger charge is 2.36. The molecule has 0 saturated heterocycles. The molecule has 2 N–H and O–H groups in total. The summed E-state index contributed by atoms with van der Waals surface area (Å²) in [7, 11) is 0. The van der Waals surface area contributed by atoms with Crippen molar-refractivity contribution in [2.75, 3.05) is 0 Å². The Morgan fingerprint density at radius 3 is 2.25 bits per heavy atom. The first kappa shape index (κ1) is 11.4. The first-order valence-electron chi connectivity index (χ1n) is 5.60. The molecular weight excluding hydrogens is 200 g/mol. The predicted molar refractivity (Wildman–Crippen MR) is 64.9 cm³/mol. The van der Waals surface area contributed by atoms with Crippen LogP contribution in [0.5, 0.6) is 0 Å². The van der Waals surface area contributed by atoms with Crippen molar-refractivity contribution in [2.45, 2.75) is 37.9 Å². The molecule has 0 saturated carbocycles. The van der Waals surface area contributed by atoms with Crippen LogP contribution >= 0.6 is 0 Å². The zero-order valence-electron chi connectivity index (χ0n) is 9.77. The van der Waals surface area contributed by atoms with Crippen LogP contribution in [0.1, 0.15) is 32.3 Å². The summed E-state index contributed by atoms with van der Waals surface area (Å²) in [5.41, 5.74) is 0.334. The van der Waals surface area contributed by atoms with E-state index >= 15 is 0 Å². The van der Waals surface area contributed by atoms with E-state index in [1.165, 1.54) is 0 Å². The standard InChI is InChI=1S/C14H18O2/c1-13(15)8-12(9-14(2,16)10-13)11-6-4-3-5-7-11/h3-8,15-16H,9-10H2,1-2H3. The predicted octanol–water partition coefficient (Wildman–Crippen LogP) is 2.37. The summed E-state index contributed by atoms with van der Waals surface area (Å²) in [6.45, 7) is 3.51. The van der Waals surface area contributed by atoms with Crippen LogP contribution in [-0.4, -0.2) is 21.4 Å². The van der Waals surface area contributed by atoms with Crippen molar-refractivity contribution in [3.63, 3.8) is 0 Å². The summed E-state index contributed by atoms with van der Waals surface area (Å²) in [4.78, 5) is 0. The minimum atomic E-state index is -0.924. The Labute approximate surface area is 96.2 Å². The Morgan fingerprint density at radius 1 is 1.06 bits per heavy atom. The van der Waals surface area contributed by atoms with Gasteiger partial charge in [0, 0.05) is 12.8 Å². The molecule has 2 heteroatoms. The Bertz CT molecular complexity index is 402. The first-order chi connectivity index (χ1) is 7.38. The summed E-state index contributed by atoms with van der Waals surface area (Å²) >= 11 is 0. The lowest BCUT2D eigenvalue weighted by atomic mass is 9.76. The van der Waals surface area contributed by atoms with E-state index in [1.54, 1.807) is 13.8 Å². The van der Waals surface area contributed by atoms with Crippen molar-refractivity contribution < 1.29 is 10.2 Å². The molecule has 0 spiro atoms. The van der Waals surface area contributed by atoms with Gasteiger partial charge in [-0.1, -0.05) is 30.3 Å². The number of benzene rings is 1. The SMILES string of the molecule is CC1(O)C=C(c2ccccc2)CC(C)(O)C1. The Kier molecular flexibility index (Phi) is 2.64. The highest BCUT2D eigenvalue weighted by atomic mass is 16.3. The summed E-state index contributed by atoms with van der Waals surface area (Å²) in [5.74, 6) is 0. The van der Waals surface area contributed by atoms with Crippen LogP contribution in [0.15, 0.2) is 36.4 Å². The average molecular weight is 218 g/mol. The second-order valence-electron chi connectivity index (χ2n) is 5.24. The lowest BCUT2D eigenvalue weighted by Gasteiger charge is -2.37. The van der Waals surface area contributed by atoms with Crippen LogP contribution in [0.3, 0.4) is 0 Å². The minimum Gasteiger partial charge on any atom is -0.390 e. The lowest BCUT2D eigenvalue weighted by Crippen LogP contribution is -2.40. The van der Waals surface area contributed by atoms with Crippen LogP contribution in [0.25, 0.3) is 5.57 Å². The van der Waals surface area contributed by atoms with Gasteiger partial charge >= 0.3 is 0 Å². The van der Waals surface area contributed by atoms with Crippen molar-refractivity contribution in [3.05, 3.63) is 42.0 Å². The third-order valence-corrected chi connectivity index (χ3v) is 2.94. The van der Waals surface area contributed by atoms with Crippen molar-refractivity contribution in [2.24, 2.45) is 0 Å². The van der Waals surface area contributed by atoms with Crippen molar-refractivity contribution >= 4 is 5.57 Å². The maximum absolute atomic E-state index is 10.1. The van der Waals surface area contributed by atoms with Gasteiger partial charge < -0.3 is 10.2 Å². The molecule has 2 atom stereocenters. The van der Waals surface area contributed by atoms with Gasteiger partial charge in [0.2, 0.25) is 0 Å². The van der Waals surface area contributed by atoms with Gasteiger partial charge in [0.05, 0.1) is 11.2 Å². The first-order valence-corrected chi connectivity index (χ1v) is 5.60. The van der Waals surface area contributed by atoms with Crippen LogP contribution in [0, 0.1) is 0 Å². The third-order valence-electron chi connectivity index (χ3n) is 2.94. The topological polar surface area (TPSA) is 40.5 Å². The van der Waals surface area contributed by atoms with E-state index in [2.05, 4.69) is 0 Å². The van der Waals surface area contributed by atoms with Gasteiger partial charge in [0.15, 0.2) is 0 Å². The normalized spacial score (nSPS) is 34.6. The molecule has 2 rings (SSSR count). The average Bonchev–Trinajstić information content (AvgIpc) is 2.14. The molecule has 1 aliphatic rings. The molecule has 0 heterocycles. The summed E-state index contributed by atoms with van der Waals surface area (Å²) in [5, 5.41) is 20.2. The van der Waals surface area contributed by atoms with Gasteiger partial charge in [-0.3, -0.25) is 0 Å². The van der Waals surface area contributed by atoms with Gasteiger partial charge in [-0.15, -0.1) is 0 Å². The number of hydrogen-bond donors (Lipinski definition) is 2. The fourth-order valence-electron chi connectivity index (χ4n) is 2.56. The largest absolute Gasteiger partial charge is 0.390 e. The number of rotatable bonds is 1. The molecule has 0 aliphatic heterocycles. The maximum atomic E-state index is 10.1. The van der Waals surface area contributed by atoms with E-state index in [0.717, 1.165) is 11.1 Å². The molecular formula is C14H18O2. The van der Waals surface area contributed by atoms with E-state index in [1.807, 2.05) is 36.4 Å². The molecule has 0 bridgehead atoms. The highest BCUT2D eigenvalue weighted by molar-refractivity contribution is 5.68. The second kappa shape index (κ2) is 3.72. The zero-order chi connectivity index (χ0) is 11.8.